The van der Waals surface area contributed by atoms with Crippen LogP contribution in [-0.4, -0.2) is 16.9 Å². The van der Waals surface area contributed by atoms with Crippen molar-refractivity contribution in [1.82, 2.24) is 0 Å². The number of halogens is 5. The quantitative estimate of drug-likeness (QED) is 0.395. The fourth-order valence-corrected chi connectivity index (χ4v) is 1.76. The lowest BCUT2D eigenvalue weighted by atomic mass is 10.1. The molecule has 0 spiro atoms. The molecule has 1 rings (SSSR count). The lowest BCUT2D eigenvalue weighted by Gasteiger charge is -2.06. The molecule has 0 aliphatic rings. The topological polar surface area (TPSA) is 54.4 Å². The zero-order chi connectivity index (χ0) is 12.6. The summed E-state index contributed by atoms with van der Waals surface area (Å²) in [5, 5.41) is 7.16. The fraction of sp³-hybridized carbons (Fsp3) is 0. The summed E-state index contributed by atoms with van der Waals surface area (Å²) in [4.78, 5) is 21.3. The smallest absolute Gasteiger partial charge is 0.377 e. The van der Waals surface area contributed by atoms with Crippen molar-refractivity contribution in [3.63, 3.8) is 0 Å². The molecular weight excluding hydrogens is 316 g/mol. The second kappa shape index (κ2) is 4.42. The average molecular weight is 317 g/mol. The molecule has 1 aromatic carbocycles. The van der Waals surface area contributed by atoms with E-state index in [-0.39, 0.29) is 0 Å². The Bertz CT molecular complexity index is 475. The first-order valence-electron chi connectivity index (χ1n) is 3.58. The highest BCUT2D eigenvalue weighted by atomic mass is 79.9. The van der Waals surface area contributed by atoms with Crippen molar-refractivity contribution in [2.45, 2.75) is 0 Å². The van der Waals surface area contributed by atoms with E-state index in [2.05, 4.69) is 15.9 Å². The third kappa shape index (κ3) is 1.92. The molecule has 0 radical (unpaired) electrons. The number of Topliss-reactive ketones (excluding diaryl/α,β-unsaturated/α-hetero) is 1. The molecule has 0 atom stereocenters. The van der Waals surface area contributed by atoms with E-state index in [1.54, 1.807) is 0 Å². The first kappa shape index (κ1) is 13.0. The van der Waals surface area contributed by atoms with Gasteiger partial charge in [0.25, 0.3) is 5.78 Å². The van der Waals surface area contributed by atoms with E-state index < -0.39 is 44.3 Å². The second-order valence-corrected chi connectivity index (χ2v) is 3.75. The van der Waals surface area contributed by atoms with Crippen molar-refractivity contribution in [1.29, 1.82) is 0 Å². The van der Waals surface area contributed by atoms with Crippen LogP contribution in [0.25, 0.3) is 0 Å². The summed E-state index contributed by atoms with van der Waals surface area (Å²) in [6.45, 7) is 0. The van der Waals surface area contributed by atoms with Crippen molar-refractivity contribution in [2.24, 2.45) is 0 Å². The molecule has 8 heteroatoms. The first-order valence-corrected chi connectivity index (χ1v) is 4.75. The predicted molar refractivity (Wildman–Crippen MR) is 51.0 cm³/mol. The Morgan fingerprint density at radius 2 is 1.62 bits per heavy atom. The van der Waals surface area contributed by atoms with E-state index in [9.17, 15) is 22.8 Å². The minimum absolute atomic E-state index is 0.830. The lowest BCUT2D eigenvalue weighted by molar-refractivity contribution is -0.131. The van der Waals surface area contributed by atoms with Crippen molar-refractivity contribution in [3.8, 4) is 0 Å². The maximum Gasteiger partial charge on any atom is 0.377 e. The van der Waals surface area contributed by atoms with E-state index in [1.807, 2.05) is 0 Å². The zero-order valence-corrected chi connectivity index (χ0v) is 9.50. The Hall–Kier alpha value is -1.08. The number of rotatable bonds is 2. The molecule has 86 valence electrons. The van der Waals surface area contributed by atoms with E-state index >= 15 is 0 Å². The number of carboxylic acid groups (broad SMARTS) is 1. The number of benzene rings is 1. The standard InChI is InChI=1S/C8HBrClF3O3/c9-2-1(7(14)8(15)16)4(11)6(13)3(10)5(2)12/h(H,15,16). The van der Waals surface area contributed by atoms with Crippen LogP contribution in [0.3, 0.4) is 0 Å². The normalized spacial score (nSPS) is 10.3. The van der Waals surface area contributed by atoms with Crippen LogP contribution < -0.4 is 0 Å². The van der Waals surface area contributed by atoms with Gasteiger partial charge in [-0.15, -0.1) is 0 Å². The highest BCUT2D eigenvalue weighted by molar-refractivity contribution is 9.10. The number of aliphatic carboxylic acids is 1. The Balaban J connectivity index is 3.64. The van der Waals surface area contributed by atoms with Gasteiger partial charge in [0.05, 0.1) is 10.0 Å². The van der Waals surface area contributed by atoms with Crippen molar-refractivity contribution in [3.05, 3.63) is 32.5 Å². The fourth-order valence-electron chi connectivity index (χ4n) is 0.911. The molecule has 0 aliphatic heterocycles. The van der Waals surface area contributed by atoms with Crippen LogP contribution in [-0.2, 0) is 4.79 Å². The molecule has 0 fully saturated rings. The van der Waals surface area contributed by atoms with Gasteiger partial charge in [-0.1, -0.05) is 11.6 Å². The number of hydrogen-bond donors (Lipinski definition) is 1. The van der Waals surface area contributed by atoms with Gasteiger partial charge in [0.15, 0.2) is 17.5 Å². The molecule has 0 aromatic heterocycles. The van der Waals surface area contributed by atoms with Gasteiger partial charge in [-0.3, -0.25) is 4.79 Å². The molecule has 16 heavy (non-hydrogen) atoms. The highest BCUT2D eigenvalue weighted by Gasteiger charge is 2.30. The highest BCUT2D eigenvalue weighted by Crippen LogP contribution is 2.32. The first-order chi connectivity index (χ1) is 7.29. The van der Waals surface area contributed by atoms with Crippen LogP contribution in [0.2, 0.25) is 5.02 Å². The summed E-state index contributed by atoms with van der Waals surface area (Å²) in [5.74, 6) is -8.89. The van der Waals surface area contributed by atoms with Crippen molar-refractivity contribution >= 4 is 39.3 Å². The summed E-state index contributed by atoms with van der Waals surface area (Å²) < 4.78 is 38.4. The number of carboxylic acids is 1. The molecular formula is C8HBrClF3O3. The monoisotopic (exact) mass is 316 g/mol. The SMILES string of the molecule is O=C(O)C(=O)c1c(F)c(F)c(Cl)c(F)c1Br. The zero-order valence-electron chi connectivity index (χ0n) is 7.15. The predicted octanol–water partition coefficient (Wildman–Crippen LogP) is 2.79. The summed E-state index contributed by atoms with van der Waals surface area (Å²) in [5.41, 5.74) is -1.24. The molecule has 0 saturated carbocycles. The molecule has 0 saturated heterocycles. The number of carbonyl (C=O) groups excluding carboxylic acids is 1. The van der Waals surface area contributed by atoms with E-state index in [0.29, 0.717) is 0 Å². The van der Waals surface area contributed by atoms with Gasteiger partial charge in [-0.25, -0.2) is 18.0 Å². The van der Waals surface area contributed by atoms with Crippen LogP contribution in [0, 0.1) is 17.5 Å². The molecule has 0 unspecified atom stereocenters. The Kier molecular flexibility index (Phi) is 3.59. The van der Waals surface area contributed by atoms with Gasteiger partial charge in [-0.05, 0) is 15.9 Å². The summed E-state index contributed by atoms with van der Waals surface area (Å²) in [6, 6.07) is 0. The third-order valence-corrected chi connectivity index (χ3v) is 2.71. The van der Waals surface area contributed by atoms with E-state index in [1.165, 1.54) is 0 Å². The maximum atomic E-state index is 13.2. The molecule has 0 aliphatic carbocycles. The molecule has 1 N–H and O–H groups in total. The van der Waals surface area contributed by atoms with Gasteiger partial charge in [0.2, 0.25) is 0 Å². The van der Waals surface area contributed by atoms with Crippen LogP contribution >= 0.6 is 27.5 Å². The van der Waals surface area contributed by atoms with Gasteiger partial charge in [-0.2, -0.15) is 0 Å². The average Bonchev–Trinajstić information content (AvgIpc) is 2.23. The van der Waals surface area contributed by atoms with Crippen LogP contribution in [0.4, 0.5) is 13.2 Å². The van der Waals surface area contributed by atoms with E-state index in [4.69, 9.17) is 16.7 Å². The molecule has 0 amide bonds. The second-order valence-electron chi connectivity index (χ2n) is 2.58. The van der Waals surface area contributed by atoms with E-state index in [0.717, 1.165) is 0 Å². The van der Waals surface area contributed by atoms with Gasteiger partial charge in [0.1, 0.15) is 5.02 Å². The van der Waals surface area contributed by atoms with Crippen LogP contribution in [0.15, 0.2) is 4.47 Å². The number of ketones is 1. The number of hydrogen-bond acceptors (Lipinski definition) is 2. The Morgan fingerprint density at radius 3 is 2.06 bits per heavy atom. The van der Waals surface area contributed by atoms with Crippen LogP contribution in [0.5, 0.6) is 0 Å². The minimum Gasteiger partial charge on any atom is -0.475 e. The van der Waals surface area contributed by atoms with Gasteiger partial charge < -0.3 is 5.11 Å². The van der Waals surface area contributed by atoms with Crippen LogP contribution in [0.1, 0.15) is 10.4 Å². The van der Waals surface area contributed by atoms with Gasteiger partial charge in [0, 0.05) is 0 Å². The minimum atomic E-state index is -2.04. The van der Waals surface area contributed by atoms with Gasteiger partial charge >= 0.3 is 5.97 Å². The van der Waals surface area contributed by atoms with Crippen molar-refractivity contribution < 1.29 is 27.9 Å². The number of carbonyl (C=O) groups is 2. The Morgan fingerprint density at radius 1 is 1.12 bits per heavy atom. The molecule has 0 bridgehead atoms. The summed E-state index contributed by atoms with van der Waals surface area (Å²) in [7, 11) is 0. The third-order valence-electron chi connectivity index (χ3n) is 1.63. The van der Waals surface area contributed by atoms with Crippen molar-refractivity contribution in [2.75, 3.05) is 0 Å². The molecule has 0 heterocycles. The molecule has 1 aromatic rings. The molecule has 3 nitrogen and oxygen atoms in total. The summed E-state index contributed by atoms with van der Waals surface area (Å²) >= 11 is 7.50. The maximum absolute atomic E-state index is 13.2. The Labute approximate surface area is 99.9 Å². The summed E-state index contributed by atoms with van der Waals surface area (Å²) in [6.07, 6.45) is 0. The largest absolute Gasteiger partial charge is 0.475 e. The lowest BCUT2D eigenvalue weighted by Crippen LogP contribution is -2.17.